The van der Waals surface area contributed by atoms with Gasteiger partial charge < -0.3 is 4.90 Å². The average Bonchev–Trinajstić information content (AvgIpc) is 3.19. The van der Waals surface area contributed by atoms with Gasteiger partial charge in [0.1, 0.15) is 0 Å². The summed E-state index contributed by atoms with van der Waals surface area (Å²) in [4.78, 5) is 12.3. The van der Waals surface area contributed by atoms with Crippen LogP contribution in [0.3, 0.4) is 0 Å². The van der Waals surface area contributed by atoms with Crippen LogP contribution < -0.4 is 4.90 Å². The van der Waals surface area contributed by atoms with Crippen molar-refractivity contribution >= 4 is 26.8 Å². The number of rotatable bonds is 3. The number of anilines is 1. The first-order valence-electron chi connectivity index (χ1n) is 9.56. The Bertz CT molecular complexity index is 1050. The second kappa shape index (κ2) is 7.12. The van der Waals surface area contributed by atoms with E-state index in [1.54, 1.807) is 11.3 Å². The number of hydrogen-bond donors (Lipinski definition) is 0. The van der Waals surface area contributed by atoms with Crippen LogP contribution in [0.5, 0.6) is 0 Å². The molecule has 0 N–H and O–H groups in total. The van der Waals surface area contributed by atoms with Gasteiger partial charge in [-0.2, -0.15) is 4.98 Å². The normalized spacial score (nSPS) is 14.6. The third-order valence-electron chi connectivity index (χ3n) is 5.13. The highest BCUT2D eigenvalue weighted by atomic mass is 32.1. The lowest BCUT2D eigenvalue weighted by molar-refractivity contribution is 0.577. The van der Waals surface area contributed by atoms with E-state index in [0.717, 1.165) is 35.1 Å². The van der Waals surface area contributed by atoms with E-state index in [1.165, 1.54) is 35.1 Å². The molecule has 0 atom stereocenters. The third-order valence-corrected chi connectivity index (χ3v) is 6.27. The van der Waals surface area contributed by atoms with E-state index in [0.29, 0.717) is 0 Å². The van der Waals surface area contributed by atoms with Gasteiger partial charge in [-0.25, -0.2) is 4.98 Å². The Morgan fingerprint density at radius 1 is 0.741 bits per heavy atom. The van der Waals surface area contributed by atoms with Gasteiger partial charge in [-0.15, -0.1) is 0 Å². The van der Waals surface area contributed by atoms with Crippen molar-refractivity contribution < 1.29 is 0 Å². The van der Waals surface area contributed by atoms with Crippen LogP contribution in [-0.2, 0) is 0 Å². The molecule has 27 heavy (non-hydrogen) atoms. The monoisotopic (exact) mass is 371 g/mol. The molecule has 134 valence electrons. The molecule has 3 heterocycles. The van der Waals surface area contributed by atoms with Crippen LogP contribution in [0.15, 0.2) is 66.7 Å². The molecule has 0 radical (unpaired) electrons. The summed E-state index contributed by atoms with van der Waals surface area (Å²) in [5.41, 5.74) is 5.42. The molecular weight excluding hydrogens is 350 g/mol. The molecule has 2 aromatic heterocycles. The average molecular weight is 372 g/mol. The van der Waals surface area contributed by atoms with Crippen molar-refractivity contribution in [2.75, 3.05) is 18.0 Å². The zero-order chi connectivity index (χ0) is 18.1. The second-order valence-corrected chi connectivity index (χ2v) is 7.96. The minimum absolute atomic E-state index is 0.862. The van der Waals surface area contributed by atoms with Gasteiger partial charge in [-0.05, 0) is 30.9 Å². The van der Waals surface area contributed by atoms with Crippen LogP contribution in [0.1, 0.15) is 19.3 Å². The maximum absolute atomic E-state index is 4.94. The standard InChI is InChI=1S/C23H21N3S/c1-4-10-17(11-5-1)19-16-20(18-12-6-2-7-13-18)24-22-21(19)27-23(25-22)26-14-8-3-9-15-26/h1-2,4-7,10-13,16H,3,8-9,14-15H2. The largest absolute Gasteiger partial charge is 0.348 e. The minimum Gasteiger partial charge on any atom is -0.348 e. The maximum Gasteiger partial charge on any atom is 0.188 e. The van der Waals surface area contributed by atoms with Gasteiger partial charge in [0.2, 0.25) is 0 Å². The van der Waals surface area contributed by atoms with Gasteiger partial charge in [-0.1, -0.05) is 72.0 Å². The van der Waals surface area contributed by atoms with Crippen LogP contribution >= 0.6 is 11.3 Å². The van der Waals surface area contributed by atoms with Crippen LogP contribution in [0.25, 0.3) is 32.7 Å². The molecular formula is C23H21N3S. The van der Waals surface area contributed by atoms with Crippen LogP contribution in [0.2, 0.25) is 0 Å². The van der Waals surface area contributed by atoms with Crippen LogP contribution in [0.4, 0.5) is 5.13 Å². The van der Waals surface area contributed by atoms with E-state index in [-0.39, 0.29) is 0 Å². The predicted molar refractivity (Wildman–Crippen MR) is 114 cm³/mol. The molecule has 0 unspecified atom stereocenters. The first-order chi connectivity index (χ1) is 13.4. The van der Waals surface area contributed by atoms with E-state index in [9.17, 15) is 0 Å². The Morgan fingerprint density at radius 2 is 1.41 bits per heavy atom. The van der Waals surface area contributed by atoms with Crippen molar-refractivity contribution in [3.63, 3.8) is 0 Å². The first kappa shape index (κ1) is 16.5. The van der Waals surface area contributed by atoms with E-state index in [1.807, 2.05) is 6.07 Å². The molecule has 1 aliphatic rings. The Balaban J connectivity index is 1.70. The molecule has 1 saturated heterocycles. The van der Waals surface area contributed by atoms with E-state index >= 15 is 0 Å². The van der Waals surface area contributed by atoms with Crippen LogP contribution in [0, 0.1) is 0 Å². The third kappa shape index (κ3) is 3.21. The number of nitrogens with zero attached hydrogens (tertiary/aromatic N) is 3. The molecule has 3 nitrogen and oxygen atoms in total. The fourth-order valence-electron chi connectivity index (χ4n) is 3.71. The molecule has 1 aliphatic heterocycles. The summed E-state index contributed by atoms with van der Waals surface area (Å²) >= 11 is 1.78. The second-order valence-electron chi connectivity index (χ2n) is 6.98. The number of hydrogen-bond acceptors (Lipinski definition) is 4. The molecule has 0 spiro atoms. The molecule has 4 heteroatoms. The summed E-state index contributed by atoms with van der Waals surface area (Å²) < 4.78 is 1.18. The Labute approximate surface area is 163 Å². The molecule has 4 aromatic rings. The molecule has 5 rings (SSSR count). The fourth-order valence-corrected chi connectivity index (χ4v) is 4.81. The van der Waals surface area contributed by atoms with Gasteiger partial charge in [0.25, 0.3) is 0 Å². The van der Waals surface area contributed by atoms with Crippen molar-refractivity contribution in [1.82, 2.24) is 9.97 Å². The topological polar surface area (TPSA) is 29.0 Å². The van der Waals surface area contributed by atoms with E-state index in [2.05, 4.69) is 65.6 Å². The number of aromatic nitrogens is 2. The number of fused-ring (bicyclic) bond motifs is 1. The molecule has 0 bridgehead atoms. The molecule has 2 aromatic carbocycles. The zero-order valence-corrected chi connectivity index (χ0v) is 16.0. The van der Waals surface area contributed by atoms with Gasteiger partial charge in [0.15, 0.2) is 10.8 Å². The summed E-state index contributed by atoms with van der Waals surface area (Å²) in [6.45, 7) is 2.21. The summed E-state index contributed by atoms with van der Waals surface area (Å²) in [6, 6.07) is 23.2. The summed E-state index contributed by atoms with van der Waals surface area (Å²) in [5.74, 6) is 0. The van der Waals surface area contributed by atoms with Crippen molar-refractivity contribution in [2.24, 2.45) is 0 Å². The fraction of sp³-hybridized carbons (Fsp3) is 0.217. The summed E-state index contributed by atoms with van der Waals surface area (Å²) in [7, 11) is 0. The highest BCUT2D eigenvalue weighted by Crippen LogP contribution is 2.38. The Kier molecular flexibility index (Phi) is 4.34. The van der Waals surface area contributed by atoms with Gasteiger partial charge in [-0.3, -0.25) is 0 Å². The quantitative estimate of drug-likeness (QED) is 0.441. The number of benzene rings is 2. The SMILES string of the molecule is c1ccc(-c2cc(-c3ccccc3)c3sc(N4CCCCC4)nc3n2)cc1. The molecule has 0 amide bonds. The van der Waals surface area contributed by atoms with Crippen molar-refractivity contribution in [1.29, 1.82) is 0 Å². The van der Waals surface area contributed by atoms with Gasteiger partial charge in [0.05, 0.1) is 10.4 Å². The Morgan fingerprint density at radius 3 is 2.11 bits per heavy atom. The number of pyridine rings is 1. The first-order valence-corrected chi connectivity index (χ1v) is 10.4. The summed E-state index contributed by atoms with van der Waals surface area (Å²) in [5, 5.41) is 1.11. The molecule has 1 fully saturated rings. The smallest absolute Gasteiger partial charge is 0.188 e. The molecule has 0 saturated carbocycles. The van der Waals surface area contributed by atoms with E-state index < -0.39 is 0 Å². The van der Waals surface area contributed by atoms with E-state index in [4.69, 9.17) is 9.97 Å². The van der Waals surface area contributed by atoms with Crippen LogP contribution in [-0.4, -0.2) is 23.1 Å². The molecule has 0 aliphatic carbocycles. The Hall–Kier alpha value is -2.72. The number of thiazole rings is 1. The lowest BCUT2D eigenvalue weighted by Crippen LogP contribution is -2.29. The van der Waals surface area contributed by atoms with Gasteiger partial charge >= 0.3 is 0 Å². The van der Waals surface area contributed by atoms with Crippen molar-refractivity contribution in [2.45, 2.75) is 19.3 Å². The highest BCUT2D eigenvalue weighted by Gasteiger charge is 2.19. The zero-order valence-electron chi connectivity index (χ0n) is 15.1. The summed E-state index contributed by atoms with van der Waals surface area (Å²) in [6.07, 6.45) is 3.83. The van der Waals surface area contributed by atoms with Gasteiger partial charge in [0, 0.05) is 24.2 Å². The highest BCUT2D eigenvalue weighted by molar-refractivity contribution is 7.22. The lowest BCUT2D eigenvalue weighted by atomic mass is 10.0. The maximum atomic E-state index is 4.94. The van der Waals surface area contributed by atoms with Crippen molar-refractivity contribution in [3.8, 4) is 22.4 Å². The predicted octanol–water partition coefficient (Wildman–Crippen LogP) is 6.02. The minimum atomic E-state index is 0.862. The van der Waals surface area contributed by atoms with Crippen molar-refractivity contribution in [3.05, 3.63) is 66.7 Å². The number of piperidine rings is 1. The lowest BCUT2D eigenvalue weighted by Gasteiger charge is -2.25.